The van der Waals surface area contributed by atoms with Crippen molar-refractivity contribution in [1.82, 2.24) is 19.7 Å². The Balaban J connectivity index is 1.80. The van der Waals surface area contributed by atoms with Gasteiger partial charge in [0.15, 0.2) is 0 Å². The van der Waals surface area contributed by atoms with Crippen molar-refractivity contribution in [2.24, 2.45) is 5.92 Å². The number of rotatable bonds is 3. The zero-order valence-corrected chi connectivity index (χ0v) is 14.9. The predicted molar refractivity (Wildman–Crippen MR) is 91.8 cm³/mol. The fourth-order valence-corrected chi connectivity index (χ4v) is 3.53. The van der Waals surface area contributed by atoms with Crippen LogP contribution in [0.5, 0.6) is 0 Å². The van der Waals surface area contributed by atoms with Gasteiger partial charge in [0, 0.05) is 38.9 Å². The van der Waals surface area contributed by atoms with Crippen molar-refractivity contribution in [3.05, 3.63) is 29.6 Å². The van der Waals surface area contributed by atoms with E-state index in [0.29, 0.717) is 18.8 Å². The molecule has 3 aliphatic rings. The molecule has 134 valence electrons. The lowest BCUT2D eigenvalue weighted by atomic mass is 9.94. The quantitative estimate of drug-likeness (QED) is 0.802. The van der Waals surface area contributed by atoms with Gasteiger partial charge in [0.25, 0.3) is 5.91 Å². The molecule has 4 heterocycles. The highest BCUT2D eigenvalue weighted by molar-refractivity contribution is 5.93. The summed E-state index contributed by atoms with van der Waals surface area (Å²) in [7, 11) is 3.37. The topological polar surface area (TPSA) is 73.8 Å². The van der Waals surface area contributed by atoms with Crippen LogP contribution in [0.25, 0.3) is 0 Å². The van der Waals surface area contributed by atoms with Gasteiger partial charge in [-0.05, 0) is 31.9 Å². The number of hydrogen-bond acceptors (Lipinski definition) is 4. The lowest BCUT2D eigenvalue weighted by Gasteiger charge is -2.35. The summed E-state index contributed by atoms with van der Waals surface area (Å²) in [4.78, 5) is 46.8. The number of likely N-dealkylation sites (N-methyl/N-ethyl adjacent to an activating group) is 1. The van der Waals surface area contributed by atoms with E-state index in [2.05, 4.69) is 4.98 Å². The zero-order valence-electron chi connectivity index (χ0n) is 14.9. The van der Waals surface area contributed by atoms with E-state index in [0.717, 1.165) is 18.5 Å². The second-order valence-electron chi connectivity index (χ2n) is 7.06. The molecule has 1 aromatic heterocycles. The Morgan fingerprint density at radius 3 is 2.68 bits per heavy atom. The number of aromatic nitrogens is 1. The highest BCUT2D eigenvalue weighted by Crippen LogP contribution is 2.29. The minimum absolute atomic E-state index is 0.0149. The molecule has 0 radical (unpaired) electrons. The number of aryl methyl sites for hydroxylation is 1. The maximum atomic E-state index is 12.8. The average molecular weight is 344 g/mol. The number of hydrogen-bond donors (Lipinski definition) is 0. The molecule has 7 nitrogen and oxygen atoms in total. The average Bonchev–Trinajstić information content (AvgIpc) is 2.86. The van der Waals surface area contributed by atoms with Crippen LogP contribution in [0.3, 0.4) is 0 Å². The minimum Gasteiger partial charge on any atom is -0.347 e. The number of amides is 3. The highest BCUT2D eigenvalue weighted by Gasteiger charge is 2.42. The number of carbonyl (C=O) groups is 3. The number of fused-ring (bicyclic) bond motifs is 4. The van der Waals surface area contributed by atoms with Gasteiger partial charge in [-0.15, -0.1) is 0 Å². The Labute approximate surface area is 147 Å². The fourth-order valence-electron chi connectivity index (χ4n) is 3.53. The third-order valence-corrected chi connectivity index (χ3v) is 4.99. The van der Waals surface area contributed by atoms with Crippen molar-refractivity contribution in [2.45, 2.75) is 25.8 Å². The van der Waals surface area contributed by atoms with Crippen molar-refractivity contribution < 1.29 is 14.4 Å². The third kappa shape index (κ3) is 3.50. The molecule has 0 saturated carbocycles. The van der Waals surface area contributed by atoms with Crippen LogP contribution in [0, 0.1) is 12.8 Å². The molecule has 3 fully saturated rings. The summed E-state index contributed by atoms with van der Waals surface area (Å²) >= 11 is 0. The second kappa shape index (κ2) is 6.82. The van der Waals surface area contributed by atoms with E-state index in [9.17, 15) is 14.4 Å². The van der Waals surface area contributed by atoms with Crippen LogP contribution in [0.4, 0.5) is 0 Å². The summed E-state index contributed by atoms with van der Waals surface area (Å²) in [6, 6.07) is 5.26. The van der Waals surface area contributed by atoms with Crippen LogP contribution < -0.4 is 0 Å². The highest BCUT2D eigenvalue weighted by atomic mass is 16.2. The van der Waals surface area contributed by atoms with E-state index in [1.807, 2.05) is 19.1 Å². The van der Waals surface area contributed by atoms with Gasteiger partial charge in [0.2, 0.25) is 11.8 Å². The van der Waals surface area contributed by atoms with Gasteiger partial charge in [-0.2, -0.15) is 0 Å². The molecule has 0 aromatic carbocycles. The Morgan fingerprint density at radius 1 is 1.24 bits per heavy atom. The van der Waals surface area contributed by atoms with Crippen LogP contribution in [-0.2, 0) is 9.59 Å². The van der Waals surface area contributed by atoms with Crippen molar-refractivity contribution in [2.75, 3.05) is 33.7 Å². The van der Waals surface area contributed by atoms with Crippen LogP contribution in [0.2, 0.25) is 0 Å². The standard InChI is InChI=1S/C18H24N4O3/c1-12-5-4-6-15(19-12)18(25)21-9-13-7-8-14(10-21)22(17(13)24)11-16(23)20(2)3/h4-6,13-14H,7-11H2,1-3H3/t13-,14+/m1/s1. The van der Waals surface area contributed by atoms with E-state index in [1.165, 1.54) is 4.90 Å². The first-order valence-corrected chi connectivity index (χ1v) is 8.60. The largest absolute Gasteiger partial charge is 0.347 e. The molecule has 3 amide bonds. The number of piperidine rings is 1. The SMILES string of the molecule is Cc1cccc(C(=O)N2C[C@H]3CC[C@@H](C2)N(CC(=O)N(C)C)C3=O)n1. The minimum atomic E-state index is -0.234. The molecule has 0 aliphatic carbocycles. The second-order valence-corrected chi connectivity index (χ2v) is 7.06. The first-order chi connectivity index (χ1) is 11.9. The molecular weight excluding hydrogens is 320 g/mol. The smallest absolute Gasteiger partial charge is 0.272 e. The van der Waals surface area contributed by atoms with Gasteiger partial charge >= 0.3 is 0 Å². The van der Waals surface area contributed by atoms with Gasteiger partial charge < -0.3 is 14.7 Å². The third-order valence-electron chi connectivity index (χ3n) is 4.99. The zero-order chi connectivity index (χ0) is 18.1. The molecule has 0 N–H and O–H groups in total. The lowest BCUT2D eigenvalue weighted by molar-refractivity contribution is -0.145. The van der Waals surface area contributed by atoms with E-state index < -0.39 is 0 Å². The molecule has 3 aliphatic heterocycles. The number of nitrogens with zero attached hydrogens (tertiary/aromatic N) is 4. The number of pyridine rings is 1. The van der Waals surface area contributed by atoms with Crippen molar-refractivity contribution in [1.29, 1.82) is 0 Å². The van der Waals surface area contributed by atoms with Gasteiger partial charge in [-0.1, -0.05) is 6.07 Å². The number of carbonyl (C=O) groups excluding carboxylic acids is 3. The van der Waals surface area contributed by atoms with Gasteiger partial charge in [0.05, 0.1) is 5.92 Å². The van der Waals surface area contributed by atoms with E-state index in [1.54, 1.807) is 30.0 Å². The maximum absolute atomic E-state index is 12.8. The van der Waals surface area contributed by atoms with Crippen LogP contribution >= 0.6 is 0 Å². The Kier molecular flexibility index (Phi) is 4.74. The summed E-state index contributed by atoms with van der Waals surface area (Å²) in [5, 5.41) is 0. The van der Waals surface area contributed by atoms with E-state index in [4.69, 9.17) is 0 Å². The summed E-state index contributed by atoms with van der Waals surface area (Å²) in [6.07, 6.45) is 1.59. The van der Waals surface area contributed by atoms with Crippen LogP contribution in [0.1, 0.15) is 29.0 Å². The monoisotopic (exact) mass is 344 g/mol. The van der Waals surface area contributed by atoms with Gasteiger partial charge in [-0.25, -0.2) is 4.98 Å². The van der Waals surface area contributed by atoms with Crippen molar-refractivity contribution in [3.63, 3.8) is 0 Å². The van der Waals surface area contributed by atoms with Gasteiger partial charge in [0.1, 0.15) is 12.2 Å². The molecule has 2 bridgehead atoms. The molecule has 1 aromatic rings. The van der Waals surface area contributed by atoms with Crippen LogP contribution in [0.15, 0.2) is 18.2 Å². The van der Waals surface area contributed by atoms with E-state index in [-0.39, 0.29) is 36.2 Å². The molecule has 4 rings (SSSR count). The molecule has 25 heavy (non-hydrogen) atoms. The van der Waals surface area contributed by atoms with E-state index >= 15 is 0 Å². The summed E-state index contributed by atoms with van der Waals surface area (Å²) in [6.45, 7) is 2.78. The molecule has 7 heteroatoms. The lowest BCUT2D eigenvalue weighted by Crippen LogP contribution is -2.51. The summed E-state index contributed by atoms with van der Waals surface area (Å²) in [5.74, 6) is -0.491. The maximum Gasteiger partial charge on any atom is 0.272 e. The van der Waals surface area contributed by atoms with Crippen molar-refractivity contribution >= 4 is 17.7 Å². The predicted octanol–water partition coefficient (Wildman–Crippen LogP) is 0.541. The molecule has 0 spiro atoms. The molecule has 3 saturated heterocycles. The first kappa shape index (κ1) is 17.4. The Morgan fingerprint density at radius 2 is 2.00 bits per heavy atom. The summed E-state index contributed by atoms with van der Waals surface area (Å²) < 4.78 is 0. The van der Waals surface area contributed by atoms with Crippen LogP contribution in [-0.4, -0.2) is 77.2 Å². The molecular formula is C18H24N4O3. The van der Waals surface area contributed by atoms with Crippen molar-refractivity contribution in [3.8, 4) is 0 Å². The fraction of sp³-hybridized carbons (Fsp3) is 0.556. The van der Waals surface area contributed by atoms with Gasteiger partial charge in [-0.3, -0.25) is 14.4 Å². The molecule has 2 atom stereocenters. The first-order valence-electron chi connectivity index (χ1n) is 8.60. The Hall–Kier alpha value is -2.44. The normalized spacial score (nSPS) is 22.8. The summed E-state index contributed by atoms with van der Waals surface area (Å²) in [5.41, 5.74) is 1.20. The Bertz CT molecular complexity index is 703. The molecule has 0 unspecified atom stereocenters.